The molecule has 20 heavy (non-hydrogen) atoms. The number of sulfonamides is 1. The van der Waals surface area contributed by atoms with Gasteiger partial charge in [0.2, 0.25) is 10.0 Å². The molecular formula is C13H16ClN3O2S. The number of hydrogen-bond donors (Lipinski definition) is 0. The van der Waals surface area contributed by atoms with E-state index in [9.17, 15) is 8.42 Å². The van der Waals surface area contributed by atoms with Crippen LogP contribution in [0, 0.1) is 11.3 Å². The van der Waals surface area contributed by atoms with E-state index in [1.165, 1.54) is 11.2 Å². The molecule has 0 N–H and O–H groups in total. The van der Waals surface area contributed by atoms with Crippen molar-refractivity contribution in [3.05, 3.63) is 29.3 Å². The monoisotopic (exact) mass is 313 g/mol. The quantitative estimate of drug-likeness (QED) is 0.852. The van der Waals surface area contributed by atoms with Gasteiger partial charge >= 0.3 is 0 Å². The van der Waals surface area contributed by atoms with Gasteiger partial charge in [0.25, 0.3) is 0 Å². The molecule has 0 aliphatic carbocycles. The van der Waals surface area contributed by atoms with Crippen LogP contribution in [0.5, 0.6) is 0 Å². The Morgan fingerprint density at radius 1 is 1.30 bits per heavy atom. The van der Waals surface area contributed by atoms with Gasteiger partial charge in [0, 0.05) is 36.9 Å². The van der Waals surface area contributed by atoms with E-state index in [4.69, 9.17) is 16.9 Å². The van der Waals surface area contributed by atoms with Crippen LogP contribution in [0.3, 0.4) is 0 Å². The van der Waals surface area contributed by atoms with Crippen LogP contribution in [0.1, 0.15) is 6.92 Å². The Balaban J connectivity index is 2.05. The highest BCUT2D eigenvalue weighted by atomic mass is 35.5. The topological polar surface area (TPSA) is 64.4 Å². The minimum Gasteiger partial charge on any atom is -0.369 e. The van der Waals surface area contributed by atoms with Crippen molar-refractivity contribution in [2.75, 3.05) is 31.1 Å². The van der Waals surface area contributed by atoms with Crippen molar-refractivity contribution in [2.45, 2.75) is 12.2 Å². The molecule has 1 heterocycles. The second kappa shape index (κ2) is 6.00. The molecular weight excluding hydrogens is 298 g/mol. The summed E-state index contributed by atoms with van der Waals surface area (Å²) in [4.78, 5) is 2.09. The fourth-order valence-corrected chi connectivity index (χ4v) is 3.60. The van der Waals surface area contributed by atoms with Crippen LogP contribution in [-0.2, 0) is 10.0 Å². The molecule has 1 unspecified atom stereocenters. The maximum absolute atomic E-state index is 12.1. The predicted molar refractivity (Wildman–Crippen MR) is 79.2 cm³/mol. The molecule has 0 bridgehead atoms. The molecule has 2 rings (SSSR count). The number of halogens is 1. The number of anilines is 1. The number of nitrogens with zero attached hydrogens (tertiary/aromatic N) is 3. The summed E-state index contributed by atoms with van der Waals surface area (Å²) in [5.41, 5.74) is 0.989. The van der Waals surface area contributed by atoms with Gasteiger partial charge < -0.3 is 4.90 Å². The molecule has 108 valence electrons. The van der Waals surface area contributed by atoms with Crippen molar-refractivity contribution in [2.24, 2.45) is 0 Å². The van der Waals surface area contributed by atoms with Crippen molar-refractivity contribution in [1.29, 1.82) is 5.26 Å². The second-order valence-corrected chi connectivity index (χ2v) is 7.37. The SMILES string of the molecule is CC(C#N)S(=O)(=O)N1CCN(c2cccc(Cl)c2)CC1. The lowest BCUT2D eigenvalue weighted by Crippen LogP contribution is -2.50. The Morgan fingerprint density at radius 3 is 2.50 bits per heavy atom. The van der Waals surface area contributed by atoms with Gasteiger partial charge in [0.15, 0.2) is 5.25 Å². The van der Waals surface area contributed by atoms with Gasteiger partial charge in [-0.15, -0.1) is 0 Å². The largest absolute Gasteiger partial charge is 0.369 e. The lowest BCUT2D eigenvalue weighted by atomic mass is 10.2. The van der Waals surface area contributed by atoms with Gasteiger partial charge in [0.05, 0.1) is 6.07 Å². The van der Waals surface area contributed by atoms with E-state index in [1.54, 1.807) is 12.1 Å². The van der Waals surface area contributed by atoms with Crippen molar-refractivity contribution < 1.29 is 8.42 Å². The fraction of sp³-hybridized carbons (Fsp3) is 0.462. The summed E-state index contributed by atoms with van der Waals surface area (Å²) in [6.07, 6.45) is 0. The molecule has 1 saturated heterocycles. The molecule has 0 saturated carbocycles. The third-order valence-electron chi connectivity index (χ3n) is 3.40. The molecule has 0 amide bonds. The minimum atomic E-state index is -3.51. The van der Waals surface area contributed by atoms with Crippen molar-refractivity contribution in [1.82, 2.24) is 4.31 Å². The zero-order chi connectivity index (χ0) is 14.8. The standard InChI is InChI=1S/C13H16ClN3O2S/c1-11(10-15)20(18,19)17-7-5-16(6-8-17)13-4-2-3-12(14)9-13/h2-4,9,11H,5-8H2,1H3. The number of piperazine rings is 1. The number of hydrogen-bond acceptors (Lipinski definition) is 4. The first-order valence-electron chi connectivity index (χ1n) is 6.34. The first-order chi connectivity index (χ1) is 9.45. The maximum atomic E-state index is 12.1. The average molecular weight is 314 g/mol. The van der Waals surface area contributed by atoms with E-state index < -0.39 is 15.3 Å². The molecule has 1 aromatic rings. The zero-order valence-corrected chi connectivity index (χ0v) is 12.7. The molecule has 1 aliphatic heterocycles. The van der Waals surface area contributed by atoms with Crippen LogP contribution in [-0.4, -0.2) is 44.2 Å². The summed E-state index contributed by atoms with van der Waals surface area (Å²) in [5, 5.41) is 8.44. The van der Waals surface area contributed by atoms with Crippen molar-refractivity contribution in [3.8, 4) is 6.07 Å². The highest BCUT2D eigenvalue weighted by molar-refractivity contribution is 7.89. The Hall–Kier alpha value is -1.29. The third kappa shape index (κ3) is 3.06. The van der Waals surface area contributed by atoms with Crippen LogP contribution in [0.25, 0.3) is 0 Å². The lowest BCUT2D eigenvalue weighted by Gasteiger charge is -2.35. The zero-order valence-electron chi connectivity index (χ0n) is 11.2. The molecule has 1 atom stereocenters. The highest BCUT2D eigenvalue weighted by Crippen LogP contribution is 2.22. The Bertz CT molecular complexity index is 619. The number of benzene rings is 1. The third-order valence-corrected chi connectivity index (χ3v) is 5.72. The van der Waals surface area contributed by atoms with E-state index in [1.807, 2.05) is 18.2 Å². The smallest absolute Gasteiger partial charge is 0.230 e. The van der Waals surface area contributed by atoms with Gasteiger partial charge in [-0.1, -0.05) is 17.7 Å². The normalized spacial score (nSPS) is 18.6. The first-order valence-corrected chi connectivity index (χ1v) is 8.22. The molecule has 0 spiro atoms. The number of nitriles is 1. The van der Waals surface area contributed by atoms with E-state index in [0.29, 0.717) is 31.2 Å². The van der Waals surface area contributed by atoms with Crippen LogP contribution >= 0.6 is 11.6 Å². The van der Waals surface area contributed by atoms with E-state index >= 15 is 0 Å². The summed E-state index contributed by atoms with van der Waals surface area (Å²) in [6, 6.07) is 9.29. The molecule has 1 fully saturated rings. The van der Waals surface area contributed by atoms with Gasteiger partial charge in [-0.2, -0.15) is 9.57 Å². The minimum absolute atomic E-state index is 0.390. The van der Waals surface area contributed by atoms with Crippen LogP contribution in [0.4, 0.5) is 5.69 Å². The van der Waals surface area contributed by atoms with Crippen LogP contribution in [0.15, 0.2) is 24.3 Å². The van der Waals surface area contributed by atoms with Crippen LogP contribution < -0.4 is 4.90 Å². The van der Waals surface area contributed by atoms with Gasteiger partial charge in [-0.25, -0.2) is 8.42 Å². The Kier molecular flexibility index (Phi) is 4.53. The predicted octanol–water partition coefficient (Wildman–Crippen LogP) is 1.70. The fourth-order valence-electron chi connectivity index (χ4n) is 2.16. The molecule has 1 aromatic carbocycles. The Morgan fingerprint density at radius 2 is 1.95 bits per heavy atom. The molecule has 1 aliphatic rings. The highest BCUT2D eigenvalue weighted by Gasteiger charge is 2.31. The van der Waals surface area contributed by atoms with E-state index in [0.717, 1.165) is 5.69 Å². The van der Waals surface area contributed by atoms with E-state index in [-0.39, 0.29) is 0 Å². The molecule has 5 nitrogen and oxygen atoms in total. The molecule has 0 aromatic heterocycles. The summed E-state index contributed by atoms with van der Waals surface area (Å²) >= 11 is 5.96. The van der Waals surface area contributed by atoms with Gasteiger partial charge in [-0.3, -0.25) is 0 Å². The summed E-state index contributed by atoms with van der Waals surface area (Å²) in [6.45, 7) is 3.38. The average Bonchev–Trinajstić information content (AvgIpc) is 2.46. The second-order valence-electron chi connectivity index (χ2n) is 4.68. The lowest BCUT2D eigenvalue weighted by molar-refractivity contribution is 0.383. The van der Waals surface area contributed by atoms with Crippen LogP contribution in [0.2, 0.25) is 5.02 Å². The van der Waals surface area contributed by atoms with E-state index in [2.05, 4.69) is 4.90 Å². The summed E-state index contributed by atoms with van der Waals surface area (Å²) in [7, 11) is -3.51. The van der Waals surface area contributed by atoms with Crippen molar-refractivity contribution >= 4 is 27.3 Å². The summed E-state index contributed by atoms with van der Waals surface area (Å²) in [5.74, 6) is 0. The molecule has 7 heteroatoms. The van der Waals surface area contributed by atoms with Crippen molar-refractivity contribution in [3.63, 3.8) is 0 Å². The van der Waals surface area contributed by atoms with Gasteiger partial charge in [-0.05, 0) is 25.1 Å². The first kappa shape index (κ1) is 15.1. The maximum Gasteiger partial charge on any atom is 0.230 e. The molecule has 0 radical (unpaired) electrons. The Labute approximate surface area is 124 Å². The number of rotatable bonds is 3. The summed E-state index contributed by atoms with van der Waals surface area (Å²) < 4.78 is 25.5. The van der Waals surface area contributed by atoms with Gasteiger partial charge in [0.1, 0.15) is 0 Å².